The van der Waals surface area contributed by atoms with Gasteiger partial charge in [0.2, 0.25) is 0 Å². The van der Waals surface area contributed by atoms with Crippen molar-refractivity contribution in [3.63, 3.8) is 0 Å². The number of ether oxygens (including phenoxy) is 1. The standard InChI is InChI=1S/C16H13N3O3S/c20-23(21,14-4-3-9-18-12-14)19-15-5-1-2-6-16(15)22-13-7-10-17-11-8-13/h1-12,19H. The summed E-state index contributed by atoms with van der Waals surface area (Å²) >= 11 is 0. The Balaban J connectivity index is 1.89. The van der Waals surface area contributed by atoms with Crippen molar-refractivity contribution in [2.75, 3.05) is 4.72 Å². The molecule has 23 heavy (non-hydrogen) atoms. The Kier molecular flexibility index (Phi) is 4.20. The van der Waals surface area contributed by atoms with Gasteiger partial charge in [0.25, 0.3) is 10.0 Å². The van der Waals surface area contributed by atoms with Crippen molar-refractivity contribution in [3.05, 3.63) is 73.3 Å². The maximum Gasteiger partial charge on any atom is 0.263 e. The van der Waals surface area contributed by atoms with Crippen molar-refractivity contribution >= 4 is 15.7 Å². The van der Waals surface area contributed by atoms with Gasteiger partial charge in [-0.25, -0.2) is 8.42 Å². The first-order valence-corrected chi connectivity index (χ1v) is 8.23. The number of hydrogen-bond acceptors (Lipinski definition) is 5. The quantitative estimate of drug-likeness (QED) is 0.779. The highest BCUT2D eigenvalue weighted by Crippen LogP contribution is 2.30. The maximum atomic E-state index is 12.4. The SMILES string of the molecule is O=S(=O)(Nc1ccccc1Oc1ccncc1)c1cccnc1. The molecular formula is C16H13N3O3S. The predicted octanol–water partition coefficient (Wildman–Crippen LogP) is 3.07. The van der Waals surface area contributed by atoms with Crippen LogP contribution in [0.15, 0.2) is 78.2 Å². The van der Waals surface area contributed by atoms with Gasteiger partial charge in [0, 0.05) is 24.8 Å². The normalized spacial score (nSPS) is 11.0. The fraction of sp³-hybridized carbons (Fsp3) is 0. The molecule has 116 valence electrons. The lowest BCUT2D eigenvalue weighted by Crippen LogP contribution is -2.13. The molecule has 7 heteroatoms. The summed E-state index contributed by atoms with van der Waals surface area (Å²) in [5.74, 6) is 0.958. The van der Waals surface area contributed by atoms with Crippen molar-refractivity contribution in [1.29, 1.82) is 0 Å². The van der Waals surface area contributed by atoms with E-state index in [9.17, 15) is 8.42 Å². The van der Waals surface area contributed by atoms with Gasteiger partial charge in [-0.15, -0.1) is 0 Å². The third-order valence-electron chi connectivity index (χ3n) is 2.95. The van der Waals surface area contributed by atoms with E-state index in [2.05, 4.69) is 14.7 Å². The van der Waals surface area contributed by atoms with Gasteiger partial charge in [-0.2, -0.15) is 0 Å². The van der Waals surface area contributed by atoms with Crippen LogP contribution in [0, 0.1) is 0 Å². The Bertz CT molecular complexity index is 885. The van der Waals surface area contributed by atoms with Crippen LogP contribution in [0.25, 0.3) is 0 Å². The number of benzene rings is 1. The van der Waals surface area contributed by atoms with E-state index >= 15 is 0 Å². The number of nitrogens with zero attached hydrogens (tertiary/aromatic N) is 2. The zero-order valence-corrected chi connectivity index (χ0v) is 12.8. The third kappa shape index (κ3) is 3.64. The first-order chi connectivity index (χ1) is 11.1. The average molecular weight is 327 g/mol. The fourth-order valence-corrected chi connectivity index (χ4v) is 2.92. The molecule has 0 unspecified atom stereocenters. The number of anilines is 1. The average Bonchev–Trinajstić information content (AvgIpc) is 2.58. The predicted molar refractivity (Wildman–Crippen MR) is 85.8 cm³/mol. The van der Waals surface area contributed by atoms with Crippen LogP contribution in [0.1, 0.15) is 0 Å². The molecule has 0 fully saturated rings. The van der Waals surface area contributed by atoms with Crippen LogP contribution >= 0.6 is 0 Å². The van der Waals surface area contributed by atoms with Crippen molar-refractivity contribution < 1.29 is 13.2 Å². The molecule has 1 N–H and O–H groups in total. The summed E-state index contributed by atoms with van der Waals surface area (Å²) in [6, 6.07) is 13.2. The third-order valence-corrected chi connectivity index (χ3v) is 4.30. The summed E-state index contributed by atoms with van der Waals surface area (Å²) in [5, 5.41) is 0. The molecule has 0 aliphatic carbocycles. The largest absolute Gasteiger partial charge is 0.455 e. The Morgan fingerprint density at radius 3 is 2.39 bits per heavy atom. The number of hydrogen-bond donors (Lipinski definition) is 1. The molecule has 3 aromatic rings. The van der Waals surface area contributed by atoms with Gasteiger partial charge >= 0.3 is 0 Å². The number of pyridine rings is 2. The molecule has 6 nitrogen and oxygen atoms in total. The molecule has 0 saturated heterocycles. The topological polar surface area (TPSA) is 81.2 Å². The molecule has 0 aliphatic heterocycles. The summed E-state index contributed by atoms with van der Waals surface area (Å²) in [6.45, 7) is 0. The van der Waals surface area contributed by atoms with Crippen LogP contribution < -0.4 is 9.46 Å². The van der Waals surface area contributed by atoms with Gasteiger partial charge in [-0.3, -0.25) is 14.7 Å². The summed E-state index contributed by atoms with van der Waals surface area (Å²) in [4.78, 5) is 7.82. The van der Waals surface area contributed by atoms with E-state index in [0.717, 1.165) is 0 Å². The van der Waals surface area contributed by atoms with Crippen LogP contribution in [-0.2, 0) is 10.0 Å². The Morgan fingerprint density at radius 1 is 0.870 bits per heavy atom. The molecule has 3 rings (SSSR count). The summed E-state index contributed by atoms with van der Waals surface area (Å²) in [5.41, 5.74) is 0.341. The minimum atomic E-state index is -3.73. The van der Waals surface area contributed by atoms with Gasteiger partial charge in [0.05, 0.1) is 5.69 Å². The van der Waals surface area contributed by atoms with Crippen molar-refractivity contribution in [3.8, 4) is 11.5 Å². The molecule has 1 aromatic carbocycles. The zero-order valence-electron chi connectivity index (χ0n) is 12.0. The monoisotopic (exact) mass is 327 g/mol. The molecule has 0 spiro atoms. The molecule has 0 radical (unpaired) electrons. The van der Waals surface area contributed by atoms with Crippen LogP contribution in [0.3, 0.4) is 0 Å². The Morgan fingerprint density at radius 2 is 1.65 bits per heavy atom. The summed E-state index contributed by atoms with van der Waals surface area (Å²) in [6.07, 6.45) is 5.99. The van der Waals surface area contributed by atoms with Crippen molar-refractivity contribution in [1.82, 2.24) is 9.97 Å². The van der Waals surface area contributed by atoms with E-state index in [1.54, 1.807) is 54.9 Å². The van der Waals surface area contributed by atoms with E-state index in [-0.39, 0.29) is 4.90 Å². The molecule has 0 amide bonds. The number of aromatic nitrogens is 2. The van der Waals surface area contributed by atoms with Crippen LogP contribution in [0.2, 0.25) is 0 Å². The van der Waals surface area contributed by atoms with Crippen LogP contribution in [0.5, 0.6) is 11.5 Å². The smallest absolute Gasteiger partial charge is 0.263 e. The van der Waals surface area contributed by atoms with Gasteiger partial charge in [-0.05, 0) is 36.4 Å². The molecular weight excluding hydrogens is 314 g/mol. The lowest BCUT2D eigenvalue weighted by Gasteiger charge is -2.13. The van der Waals surface area contributed by atoms with Gasteiger partial charge in [0.15, 0.2) is 5.75 Å². The second-order valence-corrected chi connectivity index (χ2v) is 6.26. The van der Waals surface area contributed by atoms with Gasteiger partial charge in [0.1, 0.15) is 10.6 Å². The minimum absolute atomic E-state index is 0.0821. The van der Waals surface area contributed by atoms with Crippen LogP contribution in [-0.4, -0.2) is 18.4 Å². The van der Waals surface area contributed by atoms with Crippen molar-refractivity contribution in [2.24, 2.45) is 0 Å². The van der Waals surface area contributed by atoms with Gasteiger partial charge in [-0.1, -0.05) is 12.1 Å². The molecule has 0 bridgehead atoms. The second-order valence-electron chi connectivity index (χ2n) is 4.58. The van der Waals surface area contributed by atoms with E-state index in [1.165, 1.54) is 18.5 Å². The van der Waals surface area contributed by atoms with E-state index in [1.807, 2.05) is 0 Å². The van der Waals surface area contributed by atoms with E-state index < -0.39 is 10.0 Å². The van der Waals surface area contributed by atoms with E-state index in [0.29, 0.717) is 17.2 Å². The maximum absolute atomic E-state index is 12.4. The number of rotatable bonds is 5. The highest BCUT2D eigenvalue weighted by molar-refractivity contribution is 7.92. The molecule has 0 aliphatic rings. The van der Waals surface area contributed by atoms with E-state index in [4.69, 9.17) is 4.74 Å². The molecule has 0 saturated carbocycles. The lowest BCUT2D eigenvalue weighted by atomic mass is 10.3. The summed E-state index contributed by atoms with van der Waals surface area (Å²) in [7, 11) is -3.73. The summed E-state index contributed by atoms with van der Waals surface area (Å²) < 4.78 is 33.0. The first-order valence-electron chi connectivity index (χ1n) is 6.75. The highest BCUT2D eigenvalue weighted by atomic mass is 32.2. The number of nitrogens with one attached hydrogen (secondary N) is 1. The fourth-order valence-electron chi connectivity index (χ4n) is 1.88. The molecule has 2 aromatic heterocycles. The highest BCUT2D eigenvalue weighted by Gasteiger charge is 2.16. The van der Waals surface area contributed by atoms with Crippen LogP contribution in [0.4, 0.5) is 5.69 Å². The lowest BCUT2D eigenvalue weighted by molar-refractivity contribution is 0.484. The molecule has 2 heterocycles. The second kappa shape index (κ2) is 6.45. The number of para-hydroxylation sites is 2. The van der Waals surface area contributed by atoms with Gasteiger partial charge < -0.3 is 4.74 Å². The zero-order chi connectivity index (χ0) is 16.1. The Hall–Kier alpha value is -2.93. The minimum Gasteiger partial charge on any atom is -0.455 e. The number of sulfonamides is 1. The molecule has 0 atom stereocenters. The van der Waals surface area contributed by atoms with Crippen molar-refractivity contribution in [2.45, 2.75) is 4.90 Å². The first kappa shape index (κ1) is 15.0. The Labute approximate surface area is 133 Å².